The SMILES string of the molecule is O=[N+]([O-])c1c(Sc2ccc(Cl)cc2)ncnc1N1CCCCCC1. The van der Waals surface area contributed by atoms with Crippen molar-refractivity contribution in [2.24, 2.45) is 0 Å². The first-order valence-corrected chi connectivity index (χ1v) is 9.02. The molecule has 0 unspecified atom stereocenters. The minimum Gasteiger partial charge on any atom is -0.351 e. The van der Waals surface area contributed by atoms with Crippen molar-refractivity contribution in [1.82, 2.24) is 9.97 Å². The smallest absolute Gasteiger partial charge is 0.343 e. The fourth-order valence-corrected chi connectivity index (χ4v) is 3.70. The predicted octanol–water partition coefficient (Wildman–Crippen LogP) is 4.57. The van der Waals surface area contributed by atoms with E-state index < -0.39 is 0 Å². The van der Waals surface area contributed by atoms with Crippen molar-refractivity contribution >= 4 is 34.9 Å². The number of nitro groups is 1. The molecule has 1 aliphatic heterocycles. The lowest BCUT2D eigenvalue weighted by molar-refractivity contribution is -0.387. The van der Waals surface area contributed by atoms with E-state index in [1.165, 1.54) is 18.1 Å². The average Bonchev–Trinajstić information content (AvgIpc) is 2.86. The van der Waals surface area contributed by atoms with E-state index in [9.17, 15) is 10.1 Å². The fraction of sp³-hybridized carbons (Fsp3) is 0.375. The zero-order valence-electron chi connectivity index (χ0n) is 13.0. The van der Waals surface area contributed by atoms with Gasteiger partial charge in [-0.3, -0.25) is 10.1 Å². The third-order valence-electron chi connectivity index (χ3n) is 3.89. The summed E-state index contributed by atoms with van der Waals surface area (Å²) < 4.78 is 0. The molecule has 0 bridgehead atoms. The largest absolute Gasteiger partial charge is 0.351 e. The molecule has 0 N–H and O–H groups in total. The van der Waals surface area contributed by atoms with Gasteiger partial charge in [-0.15, -0.1) is 0 Å². The average molecular weight is 365 g/mol. The number of hydrogen-bond acceptors (Lipinski definition) is 6. The second-order valence-electron chi connectivity index (χ2n) is 5.57. The summed E-state index contributed by atoms with van der Waals surface area (Å²) in [5.74, 6) is 0.424. The van der Waals surface area contributed by atoms with Crippen molar-refractivity contribution < 1.29 is 4.92 Å². The minimum absolute atomic E-state index is 0.0145. The van der Waals surface area contributed by atoms with Crippen molar-refractivity contribution in [2.45, 2.75) is 35.6 Å². The molecule has 6 nitrogen and oxygen atoms in total. The first kappa shape index (κ1) is 17.0. The van der Waals surface area contributed by atoms with Crippen LogP contribution in [-0.2, 0) is 0 Å². The second-order valence-corrected chi connectivity index (χ2v) is 7.06. The van der Waals surface area contributed by atoms with Crippen molar-refractivity contribution in [3.8, 4) is 0 Å². The lowest BCUT2D eigenvalue weighted by Crippen LogP contribution is -2.26. The van der Waals surface area contributed by atoms with Gasteiger partial charge in [0.1, 0.15) is 6.33 Å². The molecule has 0 radical (unpaired) electrons. The summed E-state index contributed by atoms with van der Waals surface area (Å²) in [6.45, 7) is 1.59. The van der Waals surface area contributed by atoms with Gasteiger partial charge in [0, 0.05) is 23.0 Å². The lowest BCUT2D eigenvalue weighted by Gasteiger charge is -2.21. The van der Waals surface area contributed by atoms with Crippen molar-refractivity contribution in [1.29, 1.82) is 0 Å². The van der Waals surface area contributed by atoms with Crippen molar-refractivity contribution in [3.63, 3.8) is 0 Å². The summed E-state index contributed by atoms with van der Waals surface area (Å²) in [6, 6.07) is 7.16. The van der Waals surface area contributed by atoms with E-state index in [4.69, 9.17) is 11.6 Å². The molecule has 3 rings (SSSR count). The quantitative estimate of drug-likeness (QED) is 0.449. The summed E-state index contributed by atoms with van der Waals surface area (Å²) in [5.41, 5.74) is -0.0145. The number of nitrogens with zero attached hydrogens (tertiary/aromatic N) is 4. The summed E-state index contributed by atoms with van der Waals surface area (Å²) in [4.78, 5) is 22.5. The monoisotopic (exact) mass is 364 g/mol. The number of aromatic nitrogens is 2. The van der Waals surface area contributed by atoms with Gasteiger partial charge in [-0.05, 0) is 37.1 Å². The summed E-state index contributed by atoms with van der Waals surface area (Å²) in [6.07, 6.45) is 5.77. The number of anilines is 1. The van der Waals surface area contributed by atoms with Crippen LogP contribution in [0.3, 0.4) is 0 Å². The third-order valence-corrected chi connectivity index (χ3v) is 5.14. The molecule has 1 aromatic heterocycles. The highest BCUT2D eigenvalue weighted by Crippen LogP contribution is 2.38. The van der Waals surface area contributed by atoms with Gasteiger partial charge in [-0.25, -0.2) is 9.97 Å². The van der Waals surface area contributed by atoms with E-state index >= 15 is 0 Å². The van der Waals surface area contributed by atoms with E-state index in [2.05, 4.69) is 9.97 Å². The van der Waals surface area contributed by atoms with Crippen LogP contribution in [0.5, 0.6) is 0 Å². The number of halogens is 1. The Hall–Kier alpha value is -1.86. The van der Waals surface area contributed by atoms with Crippen LogP contribution < -0.4 is 4.90 Å². The molecule has 1 saturated heterocycles. The molecule has 1 aromatic carbocycles. The molecule has 1 fully saturated rings. The Morgan fingerprint density at radius 1 is 1.08 bits per heavy atom. The topological polar surface area (TPSA) is 72.2 Å². The molecule has 0 spiro atoms. The Morgan fingerprint density at radius 3 is 2.38 bits per heavy atom. The zero-order valence-corrected chi connectivity index (χ0v) is 14.6. The van der Waals surface area contributed by atoms with Crippen LogP contribution >= 0.6 is 23.4 Å². The van der Waals surface area contributed by atoms with E-state index in [-0.39, 0.29) is 10.6 Å². The maximum atomic E-state index is 11.7. The summed E-state index contributed by atoms with van der Waals surface area (Å²) in [7, 11) is 0. The van der Waals surface area contributed by atoms with E-state index in [0.29, 0.717) is 15.9 Å². The molecule has 24 heavy (non-hydrogen) atoms. The van der Waals surface area contributed by atoms with Crippen LogP contribution in [0, 0.1) is 10.1 Å². The Labute approximate surface area is 149 Å². The maximum absolute atomic E-state index is 11.7. The molecule has 0 aliphatic carbocycles. The normalized spacial score (nSPS) is 15.1. The molecule has 126 valence electrons. The third kappa shape index (κ3) is 3.96. The van der Waals surface area contributed by atoms with Gasteiger partial charge < -0.3 is 4.90 Å². The van der Waals surface area contributed by atoms with Gasteiger partial charge in [0.25, 0.3) is 0 Å². The van der Waals surface area contributed by atoms with Crippen molar-refractivity contribution in [3.05, 3.63) is 45.7 Å². The standard InChI is InChI=1S/C16H17ClN4O2S/c17-12-5-7-13(8-6-12)24-16-14(21(22)23)15(18-11-19-16)20-9-3-1-2-4-10-20/h5-8,11H,1-4,9-10H2. The highest BCUT2D eigenvalue weighted by atomic mass is 35.5. The van der Waals surface area contributed by atoms with Crippen LogP contribution in [-0.4, -0.2) is 28.0 Å². The van der Waals surface area contributed by atoms with E-state index in [1.54, 1.807) is 12.1 Å². The molecule has 2 heterocycles. The Kier molecular flexibility index (Phi) is 5.52. The second kappa shape index (κ2) is 7.81. The predicted molar refractivity (Wildman–Crippen MR) is 94.9 cm³/mol. The van der Waals surface area contributed by atoms with Gasteiger partial charge in [-0.1, -0.05) is 36.2 Å². The number of benzene rings is 1. The zero-order chi connectivity index (χ0) is 16.9. The van der Waals surface area contributed by atoms with E-state index in [1.807, 2.05) is 17.0 Å². The summed E-state index contributed by atoms with van der Waals surface area (Å²) in [5, 5.41) is 12.7. The first-order valence-electron chi connectivity index (χ1n) is 7.83. The summed E-state index contributed by atoms with van der Waals surface area (Å²) >= 11 is 7.15. The van der Waals surface area contributed by atoms with Crippen LogP contribution in [0.15, 0.2) is 40.5 Å². The molecule has 0 saturated carbocycles. The molecule has 0 atom stereocenters. The molecule has 0 amide bonds. The van der Waals surface area contributed by atoms with Crippen molar-refractivity contribution in [2.75, 3.05) is 18.0 Å². The molecular formula is C16H17ClN4O2S. The number of rotatable bonds is 4. The Balaban J connectivity index is 1.95. The molecular weight excluding hydrogens is 348 g/mol. The van der Waals surface area contributed by atoms with Crippen LogP contribution in [0.1, 0.15) is 25.7 Å². The highest BCUT2D eigenvalue weighted by molar-refractivity contribution is 7.99. The van der Waals surface area contributed by atoms with Gasteiger partial charge in [0.15, 0.2) is 5.03 Å². The van der Waals surface area contributed by atoms with Crippen LogP contribution in [0.4, 0.5) is 11.5 Å². The fourth-order valence-electron chi connectivity index (χ4n) is 2.72. The Bertz CT molecular complexity index is 719. The lowest BCUT2D eigenvalue weighted by atomic mass is 10.2. The van der Waals surface area contributed by atoms with Gasteiger partial charge in [-0.2, -0.15) is 0 Å². The highest BCUT2D eigenvalue weighted by Gasteiger charge is 2.27. The first-order chi connectivity index (χ1) is 11.6. The minimum atomic E-state index is -0.377. The van der Waals surface area contributed by atoms with Crippen LogP contribution in [0.2, 0.25) is 5.02 Å². The van der Waals surface area contributed by atoms with Gasteiger partial charge in [0.2, 0.25) is 5.82 Å². The van der Waals surface area contributed by atoms with Gasteiger partial charge in [0.05, 0.1) is 4.92 Å². The van der Waals surface area contributed by atoms with Crippen LogP contribution in [0.25, 0.3) is 0 Å². The van der Waals surface area contributed by atoms with Gasteiger partial charge >= 0.3 is 5.69 Å². The molecule has 8 heteroatoms. The van der Waals surface area contributed by atoms with E-state index in [0.717, 1.165) is 43.7 Å². The molecule has 2 aromatic rings. The Morgan fingerprint density at radius 2 is 1.75 bits per heavy atom. The molecule has 1 aliphatic rings. The number of hydrogen-bond donors (Lipinski definition) is 0. The maximum Gasteiger partial charge on any atom is 0.343 e.